The fraction of sp³-hybridized carbons (Fsp3) is 1.00. The number of ether oxygens (including phenoxy) is 1. The van der Waals surface area contributed by atoms with Crippen LogP contribution < -0.4 is 0 Å². The van der Waals surface area contributed by atoms with Crippen molar-refractivity contribution >= 4 is 9.84 Å². The number of nitrogens with zero attached hydrogens (tertiary/aromatic N) is 1. The topological polar surface area (TPSA) is 66.8 Å². The normalized spacial score (nSPS) is 38.7. The highest BCUT2D eigenvalue weighted by molar-refractivity contribution is 7.91. The molecule has 2 rings (SSSR count). The maximum atomic E-state index is 11.5. The number of aliphatic hydroxyl groups excluding tert-OH is 1. The number of sulfone groups is 1. The Morgan fingerprint density at radius 1 is 1.38 bits per heavy atom. The fourth-order valence-electron chi connectivity index (χ4n) is 2.59. The summed E-state index contributed by atoms with van der Waals surface area (Å²) < 4.78 is 28.4. The molecule has 16 heavy (non-hydrogen) atoms. The second-order valence-corrected chi connectivity index (χ2v) is 7.42. The summed E-state index contributed by atoms with van der Waals surface area (Å²) in [6, 6.07) is -0.274. The van der Waals surface area contributed by atoms with E-state index in [-0.39, 0.29) is 23.1 Å². The molecular weight excluding hydrogens is 230 g/mol. The van der Waals surface area contributed by atoms with Crippen LogP contribution in [-0.2, 0) is 14.6 Å². The minimum Gasteiger partial charge on any atom is -0.390 e. The second kappa shape index (κ2) is 3.94. The highest BCUT2D eigenvalue weighted by Gasteiger charge is 2.45. The maximum absolute atomic E-state index is 11.5. The first-order valence-electron chi connectivity index (χ1n) is 5.55. The SMILES string of the molecule is CC1(C)COCCN1C1CS(=O)(=O)CC1O. The minimum absolute atomic E-state index is 0.0671. The van der Waals surface area contributed by atoms with Gasteiger partial charge in [-0.3, -0.25) is 4.90 Å². The summed E-state index contributed by atoms with van der Waals surface area (Å²) in [5.41, 5.74) is -0.205. The lowest BCUT2D eigenvalue weighted by Gasteiger charge is -2.46. The monoisotopic (exact) mass is 249 g/mol. The summed E-state index contributed by atoms with van der Waals surface area (Å²) in [6.07, 6.45) is -0.762. The van der Waals surface area contributed by atoms with Crippen molar-refractivity contribution < 1.29 is 18.3 Å². The van der Waals surface area contributed by atoms with E-state index in [9.17, 15) is 13.5 Å². The molecule has 2 aliphatic rings. The molecular formula is C10H19NO4S. The van der Waals surface area contributed by atoms with Crippen LogP contribution in [0, 0.1) is 0 Å². The van der Waals surface area contributed by atoms with E-state index >= 15 is 0 Å². The van der Waals surface area contributed by atoms with Crippen LogP contribution in [-0.4, -0.2) is 67.4 Å². The predicted molar refractivity (Wildman–Crippen MR) is 60.1 cm³/mol. The van der Waals surface area contributed by atoms with Gasteiger partial charge >= 0.3 is 0 Å². The molecule has 0 aromatic rings. The number of aliphatic hydroxyl groups is 1. The van der Waals surface area contributed by atoms with Crippen LogP contribution >= 0.6 is 0 Å². The highest BCUT2D eigenvalue weighted by Crippen LogP contribution is 2.27. The molecule has 0 aromatic heterocycles. The number of morpholine rings is 1. The molecule has 2 heterocycles. The van der Waals surface area contributed by atoms with E-state index in [1.807, 2.05) is 13.8 Å². The number of hydrogen-bond donors (Lipinski definition) is 1. The van der Waals surface area contributed by atoms with Gasteiger partial charge in [-0.2, -0.15) is 0 Å². The van der Waals surface area contributed by atoms with E-state index in [1.165, 1.54) is 0 Å². The van der Waals surface area contributed by atoms with Crippen molar-refractivity contribution in [1.82, 2.24) is 4.90 Å². The van der Waals surface area contributed by atoms with E-state index in [0.29, 0.717) is 19.8 Å². The number of rotatable bonds is 1. The molecule has 5 nitrogen and oxygen atoms in total. The van der Waals surface area contributed by atoms with Gasteiger partial charge in [0.2, 0.25) is 0 Å². The molecule has 2 unspecified atom stereocenters. The molecule has 0 aromatic carbocycles. The first kappa shape index (κ1) is 12.3. The van der Waals surface area contributed by atoms with Gasteiger partial charge in [-0.15, -0.1) is 0 Å². The Kier molecular flexibility index (Phi) is 3.03. The molecule has 2 saturated heterocycles. The molecule has 2 fully saturated rings. The van der Waals surface area contributed by atoms with Crippen molar-refractivity contribution in [2.45, 2.75) is 31.5 Å². The molecule has 0 saturated carbocycles. The maximum Gasteiger partial charge on any atom is 0.154 e. The van der Waals surface area contributed by atoms with Crippen LogP contribution in [0.5, 0.6) is 0 Å². The summed E-state index contributed by atoms with van der Waals surface area (Å²) in [4.78, 5) is 2.08. The van der Waals surface area contributed by atoms with Crippen molar-refractivity contribution in [3.8, 4) is 0 Å². The van der Waals surface area contributed by atoms with Crippen molar-refractivity contribution in [1.29, 1.82) is 0 Å². The summed E-state index contributed by atoms with van der Waals surface area (Å²) >= 11 is 0. The molecule has 0 spiro atoms. The van der Waals surface area contributed by atoms with Gasteiger partial charge < -0.3 is 9.84 Å². The summed E-state index contributed by atoms with van der Waals surface area (Å²) in [5, 5.41) is 9.85. The van der Waals surface area contributed by atoms with Crippen LogP contribution in [0.1, 0.15) is 13.8 Å². The van der Waals surface area contributed by atoms with Gasteiger partial charge in [0.1, 0.15) is 0 Å². The van der Waals surface area contributed by atoms with Gasteiger partial charge in [-0.1, -0.05) is 0 Å². The third-order valence-corrected chi connectivity index (χ3v) is 5.10. The molecule has 94 valence electrons. The van der Waals surface area contributed by atoms with Gasteiger partial charge in [0.05, 0.1) is 36.9 Å². The lowest BCUT2D eigenvalue weighted by Crippen LogP contribution is -2.60. The molecule has 2 atom stereocenters. The zero-order chi connectivity index (χ0) is 12.0. The van der Waals surface area contributed by atoms with E-state index in [4.69, 9.17) is 4.74 Å². The van der Waals surface area contributed by atoms with Gasteiger partial charge in [0, 0.05) is 12.1 Å². The Morgan fingerprint density at radius 3 is 2.56 bits per heavy atom. The molecule has 6 heteroatoms. The predicted octanol–water partition coefficient (Wildman–Crippen LogP) is -0.745. The van der Waals surface area contributed by atoms with Crippen LogP contribution in [0.2, 0.25) is 0 Å². The van der Waals surface area contributed by atoms with E-state index in [1.54, 1.807) is 0 Å². The quantitative estimate of drug-likeness (QED) is 0.662. The summed E-state index contributed by atoms with van der Waals surface area (Å²) in [7, 11) is -3.08. The molecule has 0 bridgehead atoms. The van der Waals surface area contributed by atoms with Gasteiger partial charge in [-0.25, -0.2) is 8.42 Å². The zero-order valence-corrected chi connectivity index (χ0v) is 10.5. The third-order valence-electron chi connectivity index (χ3n) is 3.40. The highest BCUT2D eigenvalue weighted by atomic mass is 32.2. The largest absolute Gasteiger partial charge is 0.390 e. The molecule has 2 aliphatic heterocycles. The average molecular weight is 249 g/mol. The van der Waals surface area contributed by atoms with Crippen molar-refractivity contribution in [3.05, 3.63) is 0 Å². The Labute approximate surface area is 96.3 Å². The van der Waals surface area contributed by atoms with Crippen LogP contribution in [0.3, 0.4) is 0 Å². The van der Waals surface area contributed by atoms with Crippen molar-refractivity contribution in [2.24, 2.45) is 0 Å². The van der Waals surface area contributed by atoms with Crippen LogP contribution in [0.4, 0.5) is 0 Å². The van der Waals surface area contributed by atoms with Crippen LogP contribution in [0.15, 0.2) is 0 Å². The molecule has 0 amide bonds. The third kappa shape index (κ3) is 2.25. The van der Waals surface area contributed by atoms with Crippen molar-refractivity contribution in [2.75, 3.05) is 31.3 Å². The lowest BCUT2D eigenvalue weighted by molar-refractivity contribution is -0.0853. The van der Waals surface area contributed by atoms with E-state index < -0.39 is 15.9 Å². The number of hydrogen-bond acceptors (Lipinski definition) is 5. The molecule has 0 radical (unpaired) electrons. The Morgan fingerprint density at radius 2 is 2.06 bits per heavy atom. The molecule has 0 aliphatic carbocycles. The van der Waals surface area contributed by atoms with E-state index in [2.05, 4.69) is 4.90 Å². The van der Waals surface area contributed by atoms with Crippen molar-refractivity contribution in [3.63, 3.8) is 0 Å². The van der Waals surface area contributed by atoms with Crippen LogP contribution in [0.25, 0.3) is 0 Å². The summed E-state index contributed by atoms with van der Waals surface area (Å²) in [6.45, 7) is 5.90. The smallest absolute Gasteiger partial charge is 0.154 e. The second-order valence-electron chi connectivity index (χ2n) is 5.27. The Balaban J connectivity index is 2.18. The van der Waals surface area contributed by atoms with Gasteiger partial charge in [0.15, 0.2) is 9.84 Å². The average Bonchev–Trinajstić information content (AvgIpc) is 2.39. The molecule has 1 N–H and O–H groups in total. The minimum atomic E-state index is -3.08. The zero-order valence-electron chi connectivity index (χ0n) is 9.72. The summed E-state index contributed by atoms with van der Waals surface area (Å²) in [5.74, 6) is -0.0390. The van der Waals surface area contributed by atoms with Gasteiger partial charge in [-0.05, 0) is 13.8 Å². The fourth-order valence-corrected chi connectivity index (χ4v) is 4.39. The lowest BCUT2D eigenvalue weighted by atomic mass is 9.98. The Bertz CT molecular complexity index is 365. The first-order chi connectivity index (χ1) is 7.32. The first-order valence-corrected chi connectivity index (χ1v) is 7.37. The van der Waals surface area contributed by atoms with Gasteiger partial charge in [0.25, 0.3) is 0 Å². The van der Waals surface area contributed by atoms with E-state index in [0.717, 1.165) is 0 Å². The standard InChI is InChI=1S/C10H19NO4S/c1-10(2)7-15-4-3-11(10)8-5-16(13,14)6-9(8)12/h8-9,12H,3-7H2,1-2H3. The Hall–Kier alpha value is -0.170.